The highest BCUT2D eigenvalue weighted by molar-refractivity contribution is 5.81. The molecule has 2 aliphatic heterocycles. The van der Waals surface area contributed by atoms with Gasteiger partial charge in [0.25, 0.3) is 0 Å². The van der Waals surface area contributed by atoms with Crippen LogP contribution in [0.1, 0.15) is 46.0 Å². The fourth-order valence-electron chi connectivity index (χ4n) is 3.48. The Labute approximate surface area is 96.2 Å². The number of primary amides is 1. The number of Topliss-reactive ketones (excluding diaryl/α,β-unsaturated/α-hetero) is 1. The van der Waals surface area contributed by atoms with E-state index in [0.717, 1.165) is 12.8 Å². The van der Waals surface area contributed by atoms with Crippen LogP contribution >= 0.6 is 0 Å². The van der Waals surface area contributed by atoms with Crippen LogP contribution in [0.5, 0.6) is 0 Å². The molecule has 4 heteroatoms. The highest BCUT2D eigenvalue weighted by Gasteiger charge is 2.46. The maximum Gasteiger partial charge on any atom is 0.219 e. The first-order chi connectivity index (χ1) is 7.40. The first kappa shape index (κ1) is 11.6. The number of rotatable bonds is 3. The number of piperidine rings is 1. The molecular weight excluding hydrogens is 204 g/mol. The van der Waals surface area contributed by atoms with Crippen molar-refractivity contribution in [1.82, 2.24) is 4.90 Å². The van der Waals surface area contributed by atoms with Crippen LogP contribution in [-0.4, -0.2) is 34.2 Å². The summed E-state index contributed by atoms with van der Waals surface area (Å²) in [6.07, 6.45) is 3.84. The quantitative estimate of drug-likeness (QED) is 0.772. The maximum atomic E-state index is 11.5. The van der Waals surface area contributed by atoms with Crippen LogP contribution in [0.4, 0.5) is 0 Å². The molecule has 0 spiro atoms. The van der Waals surface area contributed by atoms with Gasteiger partial charge in [-0.1, -0.05) is 0 Å². The lowest BCUT2D eigenvalue weighted by molar-refractivity contribution is -0.127. The summed E-state index contributed by atoms with van der Waals surface area (Å²) >= 11 is 0. The number of carbonyl (C=O) groups is 2. The molecule has 2 bridgehead atoms. The molecule has 0 aromatic heterocycles. The van der Waals surface area contributed by atoms with Gasteiger partial charge in [0.2, 0.25) is 5.91 Å². The number of amides is 1. The third kappa shape index (κ3) is 1.98. The minimum Gasteiger partial charge on any atom is -0.370 e. The molecule has 2 N–H and O–H groups in total. The molecule has 1 amide bonds. The molecular formula is C12H20N2O2. The van der Waals surface area contributed by atoms with E-state index < -0.39 is 0 Å². The monoisotopic (exact) mass is 224 g/mol. The van der Waals surface area contributed by atoms with Crippen molar-refractivity contribution in [3.63, 3.8) is 0 Å². The van der Waals surface area contributed by atoms with E-state index in [1.54, 1.807) is 0 Å². The number of nitrogens with two attached hydrogens (primary N) is 1. The molecule has 90 valence electrons. The third-order valence-electron chi connectivity index (χ3n) is 3.85. The zero-order valence-electron chi connectivity index (χ0n) is 10.0. The molecule has 0 aliphatic carbocycles. The summed E-state index contributed by atoms with van der Waals surface area (Å²) < 4.78 is 0. The van der Waals surface area contributed by atoms with E-state index in [1.807, 2.05) is 0 Å². The first-order valence-corrected chi connectivity index (χ1v) is 5.98. The molecule has 2 rings (SSSR count). The molecule has 16 heavy (non-hydrogen) atoms. The van der Waals surface area contributed by atoms with Gasteiger partial charge in [-0.25, -0.2) is 0 Å². The fourth-order valence-corrected chi connectivity index (χ4v) is 3.48. The second kappa shape index (κ2) is 3.84. The van der Waals surface area contributed by atoms with Gasteiger partial charge in [-0.15, -0.1) is 0 Å². The molecule has 0 aromatic rings. The molecule has 4 nitrogen and oxygen atoms in total. The van der Waals surface area contributed by atoms with Gasteiger partial charge in [0.05, 0.1) is 0 Å². The Morgan fingerprint density at radius 3 is 2.31 bits per heavy atom. The minimum absolute atomic E-state index is 0.210. The second-order valence-electron chi connectivity index (χ2n) is 5.69. The van der Waals surface area contributed by atoms with Crippen molar-refractivity contribution >= 4 is 11.7 Å². The van der Waals surface area contributed by atoms with E-state index >= 15 is 0 Å². The number of ketones is 1. The van der Waals surface area contributed by atoms with Crippen molar-refractivity contribution in [3.05, 3.63) is 0 Å². The van der Waals surface area contributed by atoms with Gasteiger partial charge in [0.1, 0.15) is 5.78 Å². The first-order valence-electron chi connectivity index (χ1n) is 5.98. The number of hydrogen-bond donors (Lipinski definition) is 1. The standard InChI is InChI=1S/C12H20N2O2/c1-12(2,7-11(13)16)14-8-3-4-9(14)6-10(15)5-8/h8-9H,3-7H2,1-2H3,(H2,13,16). The van der Waals surface area contributed by atoms with Crippen LogP contribution in [0.25, 0.3) is 0 Å². The summed E-state index contributed by atoms with van der Waals surface area (Å²) in [5, 5.41) is 0. The summed E-state index contributed by atoms with van der Waals surface area (Å²) in [5.74, 6) is 0.111. The predicted molar refractivity (Wildman–Crippen MR) is 60.8 cm³/mol. The second-order valence-corrected chi connectivity index (χ2v) is 5.69. The highest BCUT2D eigenvalue weighted by Crippen LogP contribution is 2.40. The molecule has 0 saturated carbocycles. The van der Waals surface area contributed by atoms with Crippen molar-refractivity contribution in [2.75, 3.05) is 0 Å². The Balaban J connectivity index is 2.15. The zero-order chi connectivity index (χ0) is 11.9. The largest absolute Gasteiger partial charge is 0.370 e. The lowest BCUT2D eigenvalue weighted by Crippen LogP contribution is -2.55. The number of carbonyl (C=O) groups excluding carboxylic acids is 2. The van der Waals surface area contributed by atoms with Crippen LogP contribution in [-0.2, 0) is 9.59 Å². The summed E-state index contributed by atoms with van der Waals surface area (Å²) in [6, 6.07) is 0.668. The molecule has 2 unspecified atom stereocenters. The van der Waals surface area contributed by atoms with Gasteiger partial charge in [0.15, 0.2) is 0 Å². The Hall–Kier alpha value is -0.900. The van der Waals surface area contributed by atoms with Crippen LogP contribution in [0.3, 0.4) is 0 Å². The van der Waals surface area contributed by atoms with E-state index in [-0.39, 0.29) is 11.4 Å². The Kier molecular flexibility index (Phi) is 2.78. The third-order valence-corrected chi connectivity index (χ3v) is 3.85. The lowest BCUT2D eigenvalue weighted by atomic mass is 9.90. The average Bonchev–Trinajstić information content (AvgIpc) is 2.38. The SMILES string of the molecule is CC(C)(CC(N)=O)N1C2CCC1CC(=O)C2. The van der Waals surface area contributed by atoms with Gasteiger partial charge >= 0.3 is 0 Å². The number of fused-ring (bicyclic) bond motifs is 2. The Morgan fingerprint density at radius 1 is 1.38 bits per heavy atom. The number of nitrogens with zero attached hydrogens (tertiary/aromatic N) is 1. The van der Waals surface area contributed by atoms with Gasteiger partial charge < -0.3 is 5.73 Å². The summed E-state index contributed by atoms with van der Waals surface area (Å²) in [6.45, 7) is 4.11. The molecule has 2 atom stereocenters. The summed E-state index contributed by atoms with van der Waals surface area (Å²) in [4.78, 5) is 24.9. The van der Waals surface area contributed by atoms with Crippen molar-refractivity contribution in [2.45, 2.75) is 63.6 Å². The number of hydrogen-bond acceptors (Lipinski definition) is 3. The van der Waals surface area contributed by atoms with E-state index in [1.165, 1.54) is 0 Å². The Morgan fingerprint density at radius 2 is 1.88 bits per heavy atom. The van der Waals surface area contributed by atoms with Crippen molar-refractivity contribution in [2.24, 2.45) is 5.73 Å². The average molecular weight is 224 g/mol. The molecule has 0 aromatic carbocycles. The van der Waals surface area contributed by atoms with Gasteiger partial charge in [-0.2, -0.15) is 0 Å². The van der Waals surface area contributed by atoms with Gasteiger partial charge in [0, 0.05) is 36.9 Å². The molecule has 2 aliphatic rings. The lowest BCUT2D eigenvalue weighted by Gasteiger charge is -2.45. The summed E-state index contributed by atoms with van der Waals surface area (Å²) in [5.41, 5.74) is 5.08. The van der Waals surface area contributed by atoms with E-state index in [4.69, 9.17) is 5.73 Å². The van der Waals surface area contributed by atoms with Crippen LogP contribution in [0.15, 0.2) is 0 Å². The van der Waals surface area contributed by atoms with Crippen molar-refractivity contribution in [1.29, 1.82) is 0 Å². The fraction of sp³-hybridized carbons (Fsp3) is 0.833. The van der Waals surface area contributed by atoms with Crippen LogP contribution in [0, 0.1) is 0 Å². The van der Waals surface area contributed by atoms with Gasteiger partial charge in [-0.3, -0.25) is 14.5 Å². The van der Waals surface area contributed by atoms with Crippen LogP contribution in [0.2, 0.25) is 0 Å². The van der Waals surface area contributed by atoms with Gasteiger partial charge in [-0.05, 0) is 26.7 Å². The molecule has 2 fully saturated rings. The van der Waals surface area contributed by atoms with E-state index in [0.29, 0.717) is 37.1 Å². The zero-order valence-corrected chi connectivity index (χ0v) is 10.0. The molecule has 0 radical (unpaired) electrons. The Bertz CT molecular complexity index is 309. The van der Waals surface area contributed by atoms with Crippen molar-refractivity contribution in [3.8, 4) is 0 Å². The topological polar surface area (TPSA) is 63.4 Å². The molecule has 2 saturated heterocycles. The highest BCUT2D eigenvalue weighted by atomic mass is 16.1. The van der Waals surface area contributed by atoms with Crippen LogP contribution < -0.4 is 5.73 Å². The normalized spacial score (nSPS) is 30.8. The molecule has 2 heterocycles. The van der Waals surface area contributed by atoms with E-state index in [9.17, 15) is 9.59 Å². The van der Waals surface area contributed by atoms with Crippen molar-refractivity contribution < 1.29 is 9.59 Å². The predicted octanol–water partition coefficient (Wildman–Crippen LogP) is 0.836. The smallest absolute Gasteiger partial charge is 0.219 e. The maximum absolute atomic E-state index is 11.5. The van der Waals surface area contributed by atoms with E-state index in [2.05, 4.69) is 18.7 Å². The summed E-state index contributed by atoms with van der Waals surface area (Å²) in [7, 11) is 0. The minimum atomic E-state index is -0.263.